The van der Waals surface area contributed by atoms with Crippen molar-refractivity contribution in [2.45, 2.75) is 43.6 Å². The molecule has 0 bridgehead atoms. The zero-order valence-corrected chi connectivity index (χ0v) is 12.5. The molecular weight excluding hydrogens is 256 g/mol. The van der Waals surface area contributed by atoms with Gasteiger partial charge in [0.15, 0.2) is 5.78 Å². The van der Waals surface area contributed by atoms with E-state index >= 15 is 0 Å². The second-order valence-electron chi connectivity index (χ2n) is 5.00. The van der Waals surface area contributed by atoms with Crippen molar-refractivity contribution in [3.63, 3.8) is 0 Å². The molecule has 2 rings (SSSR count). The summed E-state index contributed by atoms with van der Waals surface area (Å²) in [4.78, 5) is 12.4. The molecule has 0 aromatic heterocycles. The number of carbonyl (C=O) groups is 1. The summed E-state index contributed by atoms with van der Waals surface area (Å²) >= 11 is 1.80. The Hall–Kier alpha value is -0.800. The molecule has 104 valence electrons. The fraction of sp³-hybridized carbons (Fsp3) is 0.562. The number of benzene rings is 1. The molecule has 1 atom stereocenters. The van der Waals surface area contributed by atoms with E-state index in [2.05, 4.69) is 19.1 Å². The van der Waals surface area contributed by atoms with Gasteiger partial charge in [0, 0.05) is 24.0 Å². The molecule has 1 saturated heterocycles. The Bertz CT molecular complexity index is 407. The Morgan fingerprint density at radius 1 is 1.32 bits per heavy atom. The van der Waals surface area contributed by atoms with Crippen molar-refractivity contribution < 1.29 is 9.53 Å². The Morgan fingerprint density at radius 2 is 1.95 bits per heavy atom. The van der Waals surface area contributed by atoms with Gasteiger partial charge in [-0.25, -0.2) is 0 Å². The number of ketones is 1. The zero-order chi connectivity index (χ0) is 13.7. The summed E-state index contributed by atoms with van der Waals surface area (Å²) in [5.74, 6) is 0.249. The van der Waals surface area contributed by atoms with Crippen molar-refractivity contribution in [2.75, 3.05) is 13.2 Å². The van der Waals surface area contributed by atoms with Crippen molar-refractivity contribution in [1.29, 1.82) is 0 Å². The second kappa shape index (κ2) is 7.11. The molecule has 0 saturated carbocycles. The van der Waals surface area contributed by atoms with Gasteiger partial charge in [-0.3, -0.25) is 4.79 Å². The lowest BCUT2D eigenvalue weighted by Crippen LogP contribution is -2.23. The van der Waals surface area contributed by atoms with Crippen LogP contribution in [0.4, 0.5) is 0 Å². The van der Waals surface area contributed by atoms with Crippen molar-refractivity contribution in [2.24, 2.45) is 0 Å². The van der Waals surface area contributed by atoms with Crippen LogP contribution in [0.2, 0.25) is 0 Å². The van der Waals surface area contributed by atoms with Gasteiger partial charge in [0.05, 0.1) is 5.25 Å². The lowest BCUT2D eigenvalue weighted by atomic mass is 10.1. The number of aryl methyl sites for hydroxylation is 1. The first-order valence-electron chi connectivity index (χ1n) is 7.07. The minimum Gasteiger partial charge on any atom is -0.381 e. The highest BCUT2D eigenvalue weighted by molar-refractivity contribution is 8.01. The topological polar surface area (TPSA) is 26.3 Å². The van der Waals surface area contributed by atoms with E-state index in [1.165, 1.54) is 5.56 Å². The van der Waals surface area contributed by atoms with Gasteiger partial charge in [-0.05, 0) is 31.7 Å². The number of ether oxygens (including phenoxy) is 1. The van der Waals surface area contributed by atoms with Gasteiger partial charge in [-0.15, -0.1) is 11.8 Å². The predicted octanol–water partition coefficient (Wildman–Crippen LogP) is 3.73. The molecule has 1 fully saturated rings. The van der Waals surface area contributed by atoms with E-state index in [1.54, 1.807) is 11.8 Å². The minimum atomic E-state index is 0.0376. The van der Waals surface area contributed by atoms with E-state index in [1.807, 2.05) is 19.1 Å². The van der Waals surface area contributed by atoms with Gasteiger partial charge in [-0.2, -0.15) is 0 Å². The molecule has 1 aromatic carbocycles. The maximum atomic E-state index is 12.4. The lowest BCUT2D eigenvalue weighted by Gasteiger charge is -2.24. The van der Waals surface area contributed by atoms with Crippen LogP contribution in [-0.4, -0.2) is 29.5 Å². The van der Waals surface area contributed by atoms with E-state index in [0.717, 1.165) is 38.0 Å². The first kappa shape index (κ1) is 14.6. The van der Waals surface area contributed by atoms with Gasteiger partial charge in [0.2, 0.25) is 0 Å². The molecule has 0 radical (unpaired) electrons. The molecule has 19 heavy (non-hydrogen) atoms. The van der Waals surface area contributed by atoms with Crippen LogP contribution < -0.4 is 0 Å². The molecule has 1 heterocycles. The van der Waals surface area contributed by atoms with Gasteiger partial charge >= 0.3 is 0 Å². The van der Waals surface area contributed by atoms with Crippen molar-refractivity contribution in [3.8, 4) is 0 Å². The molecule has 0 aliphatic carbocycles. The van der Waals surface area contributed by atoms with Crippen LogP contribution in [0.1, 0.15) is 42.6 Å². The quantitative estimate of drug-likeness (QED) is 0.768. The molecule has 1 aromatic rings. The summed E-state index contributed by atoms with van der Waals surface area (Å²) in [5.41, 5.74) is 2.12. The summed E-state index contributed by atoms with van der Waals surface area (Å²) in [5, 5.41) is 0.609. The number of thioether (sulfide) groups is 1. The van der Waals surface area contributed by atoms with E-state index < -0.39 is 0 Å². The summed E-state index contributed by atoms with van der Waals surface area (Å²) < 4.78 is 5.35. The van der Waals surface area contributed by atoms with E-state index in [0.29, 0.717) is 5.25 Å². The summed E-state index contributed by atoms with van der Waals surface area (Å²) in [7, 11) is 0. The minimum absolute atomic E-state index is 0.0376. The Labute approximate surface area is 119 Å². The summed E-state index contributed by atoms with van der Waals surface area (Å²) in [6, 6.07) is 8.03. The summed E-state index contributed by atoms with van der Waals surface area (Å²) in [6.07, 6.45) is 3.15. The summed E-state index contributed by atoms with van der Waals surface area (Å²) in [6.45, 7) is 5.82. The van der Waals surface area contributed by atoms with Crippen LogP contribution in [0, 0.1) is 0 Å². The van der Waals surface area contributed by atoms with Gasteiger partial charge in [0.1, 0.15) is 0 Å². The maximum Gasteiger partial charge on any atom is 0.175 e. The SMILES string of the molecule is CCc1ccc(C(=O)C(C)SC2CCOCC2)cc1. The molecule has 0 spiro atoms. The van der Waals surface area contributed by atoms with Crippen LogP contribution in [0.15, 0.2) is 24.3 Å². The molecule has 2 nitrogen and oxygen atoms in total. The predicted molar refractivity (Wildman–Crippen MR) is 81.0 cm³/mol. The fourth-order valence-corrected chi connectivity index (χ4v) is 3.60. The van der Waals surface area contributed by atoms with Crippen LogP contribution >= 0.6 is 11.8 Å². The Morgan fingerprint density at radius 3 is 2.53 bits per heavy atom. The van der Waals surface area contributed by atoms with Gasteiger partial charge in [-0.1, -0.05) is 31.2 Å². The third-order valence-electron chi connectivity index (χ3n) is 3.58. The standard InChI is InChI=1S/C16H22O2S/c1-3-13-4-6-14(7-5-13)16(17)12(2)19-15-8-10-18-11-9-15/h4-7,12,15H,3,8-11H2,1-2H3. The number of hydrogen-bond donors (Lipinski definition) is 0. The molecule has 3 heteroatoms. The molecular formula is C16H22O2S. The molecule has 0 N–H and O–H groups in total. The monoisotopic (exact) mass is 278 g/mol. The van der Waals surface area contributed by atoms with E-state index in [4.69, 9.17) is 4.74 Å². The highest BCUT2D eigenvalue weighted by Crippen LogP contribution is 2.28. The normalized spacial score (nSPS) is 18.2. The average Bonchev–Trinajstić information content (AvgIpc) is 2.47. The van der Waals surface area contributed by atoms with Gasteiger partial charge in [0.25, 0.3) is 0 Å². The van der Waals surface area contributed by atoms with Crippen molar-refractivity contribution in [3.05, 3.63) is 35.4 Å². The van der Waals surface area contributed by atoms with Crippen LogP contribution in [0.5, 0.6) is 0 Å². The Balaban J connectivity index is 1.93. The van der Waals surface area contributed by atoms with Crippen LogP contribution in [0.3, 0.4) is 0 Å². The first-order chi connectivity index (χ1) is 9.20. The molecule has 1 aliphatic rings. The highest BCUT2D eigenvalue weighted by Gasteiger charge is 2.22. The number of Topliss-reactive ketones (excluding diaryl/α,β-unsaturated/α-hetero) is 1. The van der Waals surface area contributed by atoms with E-state index in [9.17, 15) is 4.79 Å². The largest absolute Gasteiger partial charge is 0.381 e. The number of hydrogen-bond acceptors (Lipinski definition) is 3. The average molecular weight is 278 g/mol. The third kappa shape index (κ3) is 4.08. The highest BCUT2D eigenvalue weighted by atomic mass is 32.2. The second-order valence-corrected chi connectivity index (χ2v) is 6.65. The third-order valence-corrected chi connectivity index (χ3v) is 5.06. The molecule has 0 amide bonds. The zero-order valence-electron chi connectivity index (χ0n) is 11.7. The van der Waals surface area contributed by atoms with Crippen molar-refractivity contribution in [1.82, 2.24) is 0 Å². The first-order valence-corrected chi connectivity index (χ1v) is 8.01. The number of rotatable bonds is 5. The maximum absolute atomic E-state index is 12.4. The molecule has 1 unspecified atom stereocenters. The van der Waals surface area contributed by atoms with Crippen molar-refractivity contribution >= 4 is 17.5 Å². The van der Waals surface area contributed by atoms with Gasteiger partial charge < -0.3 is 4.74 Å². The number of carbonyl (C=O) groups excluding carboxylic acids is 1. The molecule has 1 aliphatic heterocycles. The lowest BCUT2D eigenvalue weighted by molar-refractivity contribution is 0.0974. The van der Waals surface area contributed by atoms with Crippen LogP contribution in [0.25, 0.3) is 0 Å². The smallest absolute Gasteiger partial charge is 0.175 e. The van der Waals surface area contributed by atoms with Crippen LogP contribution in [-0.2, 0) is 11.2 Å². The fourth-order valence-electron chi connectivity index (χ4n) is 2.30. The van der Waals surface area contributed by atoms with E-state index in [-0.39, 0.29) is 11.0 Å². The Kier molecular flexibility index (Phi) is 5.46.